The Labute approximate surface area is 102 Å². The van der Waals surface area contributed by atoms with Crippen molar-refractivity contribution >= 4 is 27.1 Å². The van der Waals surface area contributed by atoms with Crippen molar-refractivity contribution in [3.05, 3.63) is 23.2 Å². The third-order valence-corrected chi connectivity index (χ3v) is 4.84. The van der Waals surface area contributed by atoms with E-state index in [1.165, 1.54) is 18.2 Å². The summed E-state index contributed by atoms with van der Waals surface area (Å²) in [5.41, 5.74) is 5.93. The summed E-state index contributed by atoms with van der Waals surface area (Å²) in [5, 5.41) is 0.283. The highest BCUT2D eigenvalue weighted by Gasteiger charge is 2.18. The Kier molecular flexibility index (Phi) is 4.21. The van der Waals surface area contributed by atoms with E-state index in [2.05, 4.69) is 0 Å². The van der Waals surface area contributed by atoms with Gasteiger partial charge in [-0.1, -0.05) is 31.9 Å². The van der Waals surface area contributed by atoms with Crippen LogP contribution in [0.4, 0.5) is 5.69 Å². The van der Waals surface area contributed by atoms with Gasteiger partial charge in [-0.25, -0.2) is 8.42 Å². The van der Waals surface area contributed by atoms with Crippen LogP contribution in [0.5, 0.6) is 0 Å². The molecule has 0 amide bonds. The third-order valence-electron chi connectivity index (χ3n) is 2.53. The van der Waals surface area contributed by atoms with Crippen molar-refractivity contribution in [1.29, 1.82) is 0 Å². The summed E-state index contributed by atoms with van der Waals surface area (Å²) < 4.78 is 23.9. The molecule has 0 spiro atoms. The number of sulfone groups is 1. The first kappa shape index (κ1) is 13.3. The van der Waals surface area contributed by atoms with E-state index in [9.17, 15) is 8.42 Å². The predicted octanol–water partition coefficient (Wildman–Crippen LogP) is 2.74. The number of nitrogen functional groups attached to an aromatic ring is 1. The van der Waals surface area contributed by atoms with Gasteiger partial charge < -0.3 is 5.73 Å². The van der Waals surface area contributed by atoms with Gasteiger partial charge in [0.15, 0.2) is 9.84 Å². The highest BCUT2D eigenvalue weighted by Crippen LogP contribution is 2.24. The van der Waals surface area contributed by atoms with E-state index in [1.54, 1.807) is 0 Å². The zero-order valence-electron chi connectivity index (χ0n) is 9.40. The Bertz CT molecular complexity index is 471. The normalized spacial score (nSPS) is 13.7. The van der Waals surface area contributed by atoms with Gasteiger partial charge in [0.25, 0.3) is 0 Å². The van der Waals surface area contributed by atoms with Crippen LogP contribution in [0.3, 0.4) is 0 Å². The maximum atomic E-state index is 12.0. The number of hydrogen-bond acceptors (Lipinski definition) is 3. The fourth-order valence-corrected chi connectivity index (χ4v) is 3.29. The molecule has 0 saturated carbocycles. The van der Waals surface area contributed by atoms with Gasteiger partial charge >= 0.3 is 0 Å². The fourth-order valence-electron chi connectivity index (χ4n) is 1.29. The molecule has 0 aliphatic heterocycles. The molecule has 2 N–H and O–H groups in total. The number of anilines is 1. The molecule has 1 unspecified atom stereocenters. The van der Waals surface area contributed by atoms with E-state index in [0.29, 0.717) is 5.69 Å². The van der Waals surface area contributed by atoms with Crippen molar-refractivity contribution in [2.45, 2.75) is 25.2 Å². The minimum Gasteiger partial charge on any atom is -0.398 e. The first-order chi connectivity index (χ1) is 7.36. The van der Waals surface area contributed by atoms with Crippen LogP contribution in [0.25, 0.3) is 0 Å². The quantitative estimate of drug-likeness (QED) is 0.848. The van der Waals surface area contributed by atoms with Crippen LogP contribution in [-0.4, -0.2) is 14.2 Å². The minimum atomic E-state index is -3.25. The lowest BCUT2D eigenvalue weighted by Gasteiger charge is -2.10. The number of benzene rings is 1. The Hall–Kier alpha value is -0.740. The van der Waals surface area contributed by atoms with Crippen molar-refractivity contribution in [2.75, 3.05) is 11.5 Å². The second-order valence-electron chi connectivity index (χ2n) is 3.98. The van der Waals surface area contributed by atoms with Crippen molar-refractivity contribution in [3.63, 3.8) is 0 Å². The second kappa shape index (κ2) is 5.06. The van der Waals surface area contributed by atoms with Crippen molar-refractivity contribution in [1.82, 2.24) is 0 Å². The van der Waals surface area contributed by atoms with E-state index in [4.69, 9.17) is 17.3 Å². The van der Waals surface area contributed by atoms with E-state index >= 15 is 0 Å². The summed E-state index contributed by atoms with van der Waals surface area (Å²) in [6.07, 6.45) is 0.835. The Morgan fingerprint density at radius 3 is 2.56 bits per heavy atom. The molecule has 3 nitrogen and oxygen atoms in total. The van der Waals surface area contributed by atoms with Gasteiger partial charge in [0, 0.05) is 0 Å². The lowest BCUT2D eigenvalue weighted by molar-refractivity contribution is 0.564. The topological polar surface area (TPSA) is 60.2 Å². The predicted molar refractivity (Wildman–Crippen MR) is 67.4 cm³/mol. The van der Waals surface area contributed by atoms with Gasteiger partial charge in [0.2, 0.25) is 0 Å². The van der Waals surface area contributed by atoms with E-state index < -0.39 is 9.84 Å². The second-order valence-corrected chi connectivity index (χ2v) is 6.42. The van der Waals surface area contributed by atoms with Crippen LogP contribution in [0.2, 0.25) is 5.02 Å². The van der Waals surface area contributed by atoms with Crippen LogP contribution in [0, 0.1) is 5.92 Å². The summed E-state index contributed by atoms with van der Waals surface area (Å²) in [6, 6.07) is 4.43. The molecule has 1 rings (SSSR count). The Morgan fingerprint density at radius 2 is 2.06 bits per heavy atom. The Morgan fingerprint density at radius 1 is 1.44 bits per heavy atom. The van der Waals surface area contributed by atoms with Gasteiger partial charge in [-0.3, -0.25) is 0 Å². The molecule has 0 aliphatic rings. The molecule has 0 heterocycles. The van der Waals surface area contributed by atoms with E-state index in [1.807, 2.05) is 13.8 Å². The molecular formula is C11H16ClNO2S. The molecule has 0 aliphatic carbocycles. The molecule has 0 radical (unpaired) electrons. The van der Waals surface area contributed by atoms with Gasteiger partial charge in [-0.05, 0) is 24.1 Å². The summed E-state index contributed by atoms with van der Waals surface area (Å²) in [7, 11) is -3.25. The van der Waals surface area contributed by atoms with Gasteiger partial charge in [-0.15, -0.1) is 0 Å². The van der Waals surface area contributed by atoms with Gasteiger partial charge in [0.1, 0.15) is 0 Å². The summed E-state index contributed by atoms with van der Waals surface area (Å²) >= 11 is 5.80. The first-order valence-corrected chi connectivity index (χ1v) is 7.17. The molecule has 0 saturated heterocycles. The average Bonchev–Trinajstić information content (AvgIpc) is 2.21. The fraction of sp³-hybridized carbons (Fsp3) is 0.455. The number of hydrogen-bond donors (Lipinski definition) is 1. The van der Waals surface area contributed by atoms with Crippen LogP contribution < -0.4 is 5.73 Å². The zero-order valence-corrected chi connectivity index (χ0v) is 11.0. The lowest BCUT2D eigenvalue weighted by Crippen LogP contribution is -2.13. The zero-order chi connectivity index (χ0) is 12.3. The number of halogens is 1. The molecule has 0 aromatic heterocycles. The molecule has 0 bridgehead atoms. The van der Waals surface area contributed by atoms with Crippen LogP contribution >= 0.6 is 11.6 Å². The highest BCUT2D eigenvalue weighted by atomic mass is 35.5. The van der Waals surface area contributed by atoms with Crippen molar-refractivity contribution in [3.8, 4) is 0 Å². The van der Waals surface area contributed by atoms with Crippen LogP contribution in [-0.2, 0) is 9.84 Å². The third kappa shape index (κ3) is 3.12. The molecule has 16 heavy (non-hydrogen) atoms. The first-order valence-electron chi connectivity index (χ1n) is 5.14. The SMILES string of the molecule is CCC(C)CS(=O)(=O)c1ccc(N)c(Cl)c1. The maximum absolute atomic E-state index is 12.0. The summed E-state index contributed by atoms with van der Waals surface area (Å²) in [5.74, 6) is 0.283. The van der Waals surface area contributed by atoms with Crippen molar-refractivity contribution in [2.24, 2.45) is 5.92 Å². The largest absolute Gasteiger partial charge is 0.398 e. The van der Waals surface area contributed by atoms with Crippen LogP contribution in [0.15, 0.2) is 23.1 Å². The van der Waals surface area contributed by atoms with Crippen LogP contribution in [0.1, 0.15) is 20.3 Å². The van der Waals surface area contributed by atoms with E-state index in [0.717, 1.165) is 6.42 Å². The number of rotatable bonds is 4. The standard InChI is InChI=1S/C11H16ClNO2S/c1-3-8(2)7-16(14,15)9-4-5-11(13)10(12)6-9/h4-6,8H,3,7,13H2,1-2H3. The van der Waals surface area contributed by atoms with Gasteiger partial charge in [0.05, 0.1) is 21.4 Å². The highest BCUT2D eigenvalue weighted by molar-refractivity contribution is 7.91. The average molecular weight is 262 g/mol. The molecule has 90 valence electrons. The minimum absolute atomic E-state index is 0.140. The molecule has 5 heteroatoms. The molecule has 1 aromatic rings. The summed E-state index contributed by atoms with van der Waals surface area (Å²) in [4.78, 5) is 0.243. The molecular weight excluding hydrogens is 246 g/mol. The number of nitrogens with two attached hydrogens (primary N) is 1. The molecule has 0 fully saturated rings. The van der Waals surface area contributed by atoms with E-state index in [-0.39, 0.29) is 21.6 Å². The summed E-state index contributed by atoms with van der Waals surface area (Å²) in [6.45, 7) is 3.88. The Balaban J connectivity index is 3.03. The van der Waals surface area contributed by atoms with Gasteiger partial charge in [-0.2, -0.15) is 0 Å². The maximum Gasteiger partial charge on any atom is 0.178 e. The molecule has 1 atom stereocenters. The molecule has 1 aromatic carbocycles. The monoisotopic (exact) mass is 261 g/mol. The van der Waals surface area contributed by atoms with Crippen molar-refractivity contribution < 1.29 is 8.42 Å². The lowest BCUT2D eigenvalue weighted by atomic mass is 10.2. The smallest absolute Gasteiger partial charge is 0.178 e.